The van der Waals surface area contributed by atoms with Crippen molar-refractivity contribution in [3.8, 4) is 11.5 Å². The van der Waals surface area contributed by atoms with Gasteiger partial charge in [0.25, 0.3) is 0 Å². The van der Waals surface area contributed by atoms with Gasteiger partial charge >= 0.3 is 5.97 Å². The number of ether oxygens (including phenoxy) is 1. The van der Waals surface area contributed by atoms with Crippen LogP contribution in [-0.2, 0) is 4.74 Å². The third-order valence-corrected chi connectivity index (χ3v) is 2.91. The van der Waals surface area contributed by atoms with Gasteiger partial charge < -0.3 is 9.72 Å². The fourth-order valence-electron chi connectivity index (χ4n) is 1.96. The van der Waals surface area contributed by atoms with E-state index in [-0.39, 0.29) is 0 Å². The highest BCUT2D eigenvalue weighted by Crippen LogP contribution is 2.18. The van der Waals surface area contributed by atoms with Gasteiger partial charge in [-0.05, 0) is 19.1 Å². The number of carbonyl (C=O) groups excluding carboxylic acids is 1. The average molecular weight is 267 g/mol. The molecule has 0 aliphatic carbocycles. The van der Waals surface area contributed by atoms with Crippen LogP contribution in [0.5, 0.6) is 0 Å². The van der Waals surface area contributed by atoms with Gasteiger partial charge in [-0.2, -0.15) is 0 Å². The van der Waals surface area contributed by atoms with Crippen molar-refractivity contribution in [3.05, 3.63) is 48.3 Å². The van der Waals surface area contributed by atoms with E-state index in [4.69, 9.17) is 4.74 Å². The number of benzene rings is 1. The van der Waals surface area contributed by atoms with Gasteiger partial charge in [0, 0.05) is 5.39 Å². The van der Waals surface area contributed by atoms with E-state index >= 15 is 0 Å². The fourth-order valence-corrected chi connectivity index (χ4v) is 1.96. The van der Waals surface area contributed by atoms with E-state index in [0.717, 1.165) is 10.9 Å². The number of fused-ring (bicyclic) bond motifs is 1. The number of nitrogens with zero attached hydrogens (tertiary/aromatic N) is 2. The van der Waals surface area contributed by atoms with Crippen LogP contribution in [0.4, 0.5) is 0 Å². The summed E-state index contributed by atoms with van der Waals surface area (Å²) in [6.07, 6.45) is 1.46. The number of hydrogen-bond donors (Lipinski definition) is 1. The summed E-state index contributed by atoms with van der Waals surface area (Å²) in [7, 11) is 0. The van der Waals surface area contributed by atoms with Crippen LogP contribution in [0.25, 0.3) is 22.4 Å². The maximum atomic E-state index is 11.6. The highest BCUT2D eigenvalue weighted by atomic mass is 16.5. The molecule has 100 valence electrons. The molecule has 0 aliphatic rings. The zero-order valence-corrected chi connectivity index (χ0v) is 11.0. The second-order valence-corrected chi connectivity index (χ2v) is 4.26. The van der Waals surface area contributed by atoms with Crippen LogP contribution in [0.1, 0.15) is 17.4 Å². The lowest BCUT2D eigenvalue weighted by Gasteiger charge is -2.00. The summed E-state index contributed by atoms with van der Waals surface area (Å²) in [5.74, 6) is 0.144. The first-order chi connectivity index (χ1) is 9.78. The van der Waals surface area contributed by atoms with Crippen molar-refractivity contribution >= 4 is 16.9 Å². The van der Waals surface area contributed by atoms with Gasteiger partial charge in [0.2, 0.25) is 0 Å². The Morgan fingerprint density at radius 2 is 2.10 bits per heavy atom. The zero-order chi connectivity index (χ0) is 13.9. The van der Waals surface area contributed by atoms with Crippen molar-refractivity contribution in [1.29, 1.82) is 0 Å². The molecule has 5 nitrogen and oxygen atoms in total. The lowest BCUT2D eigenvalue weighted by atomic mass is 10.2. The Bertz CT molecular complexity index is 764. The highest BCUT2D eigenvalue weighted by molar-refractivity contribution is 5.88. The summed E-state index contributed by atoms with van der Waals surface area (Å²) in [5.41, 5.74) is 1.91. The molecule has 0 fully saturated rings. The fraction of sp³-hybridized carbons (Fsp3) is 0.133. The summed E-state index contributed by atoms with van der Waals surface area (Å²) in [6.45, 7) is 2.10. The maximum Gasteiger partial charge on any atom is 0.356 e. The second kappa shape index (κ2) is 5.13. The highest BCUT2D eigenvalue weighted by Gasteiger charge is 2.12. The Morgan fingerprint density at radius 3 is 2.95 bits per heavy atom. The lowest BCUT2D eigenvalue weighted by Crippen LogP contribution is -2.04. The van der Waals surface area contributed by atoms with E-state index in [1.807, 2.05) is 36.4 Å². The van der Waals surface area contributed by atoms with Crippen molar-refractivity contribution in [3.63, 3.8) is 0 Å². The molecule has 0 spiro atoms. The van der Waals surface area contributed by atoms with Crippen LogP contribution >= 0.6 is 0 Å². The number of aromatic nitrogens is 3. The molecule has 0 unspecified atom stereocenters. The van der Waals surface area contributed by atoms with Gasteiger partial charge in [-0.15, -0.1) is 0 Å². The van der Waals surface area contributed by atoms with Crippen molar-refractivity contribution < 1.29 is 9.53 Å². The molecule has 0 bridgehead atoms. The van der Waals surface area contributed by atoms with Crippen LogP contribution < -0.4 is 0 Å². The molecule has 5 heteroatoms. The topological polar surface area (TPSA) is 67.9 Å². The molecule has 1 N–H and O–H groups in total. The molecule has 3 aromatic rings. The minimum atomic E-state index is -0.410. The average Bonchev–Trinajstić information content (AvgIpc) is 2.97. The van der Waals surface area contributed by atoms with E-state index < -0.39 is 5.97 Å². The standard InChI is InChI=1S/C15H13N3O2/c1-2-20-15(19)13-9-16-14(18-13)12-8-7-10-5-3-4-6-11(10)17-12/h3-9H,2H2,1H3,(H,16,18). The van der Waals surface area contributed by atoms with Crippen LogP contribution in [0.3, 0.4) is 0 Å². The number of nitrogens with one attached hydrogen (secondary N) is 1. The van der Waals surface area contributed by atoms with E-state index in [9.17, 15) is 4.79 Å². The molecular formula is C15H13N3O2. The van der Waals surface area contributed by atoms with Crippen LogP contribution in [-0.4, -0.2) is 27.5 Å². The maximum absolute atomic E-state index is 11.6. The van der Waals surface area contributed by atoms with Crippen LogP contribution in [0, 0.1) is 0 Å². The van der Waals surface area contributed by atoms with Gasteiger partial charge in [-0.3, -0.25) is 0 Å². The molecule has 2 aromatic heterocycles. The Labute approximate surface area is 115 Å². The van der Waals surface area contributed by atoms with Crippen LogP contribution in [0.15, 0.2) is 42.6 Å². The van der Waals surface area contributed by atoms with E-state index in [1.54, 1.807) is 6.92 Å². The van der Waals surface area contributed by atoms with E-state index in [2.05, 4.69) is 15.0 Å². The lowest BCUT2D eigenvalue weighted by molar-refractivity contribution is 0.0520. The monoisotopic (exact) mass is 267 g/mol. The number of hydrogen-bond acceptors (Lipinski definition) is 4. The van der Waals surface area contributed by atoms with Crippen molar-refractivity contribution in [1.82, 2.24) is 15.0 Å². The SMILES string of the molecule is CCOC(=O)c1cnc(-c2ccc3ccccc3n2)[nH]1. The molecule has 0 saturated carbocycles. The summed E-state index contributed by atoms with van der Waals surface area (Å²) in [4.78, 5) is 23.2. The Hall–Kier alpha value is -2.69. The second-order valence-electron chi connectivity index (χ2n) is 4.26. The molecule has 3 rings (SSSR count). The largest absolute Gasteiger partial charge is 0.461 e. The molecule has 20 heavy (non-hydrogen) atoms. The van der Waals surface area contributed by atoms with E-state index in [1.165, 1.54) is 6.20 Å². The summed E-state index contributed by atoms with van der Waals surface area (Å²) < 4.78 is 4.92. The number of carbonyl (C=O) groups is 1. The molecule has 0 aliphatic heterocycles. The third-order valence-electron chi connectivity index (χ3n) is 2.91. The van der Waals surface area contributed by atoms with E-state index in [0.29, 0.717) is 23.8 Å². The number of imidazole rings is 1. The quantitative estimate of drug-likeness (QED) is 0.741. The van der Waals surface area contributed by atoms with Gasteiger partial charge in [0.1, 0.15) is 11.4 Å². The third kappa shape index (κ3) is 2.25. The summed E-state index contributed by atoms with van der Waals surface area (Å²) in [5, 5.41) is 1.06. The van der Waals surface area contributed by atoms with Gasteiger partial charge in [0.05, 0.1) is 18.3 Å². The molecule has 0 amide bonds. The summed E-state index contributed by atoms with van der Waals surface area (Å²) >= 11 is 0. The number of esters is 1. The Balaban J connectivity index is 1.96. The van der Waals surface area contributed by atoms with Crippen molar-refractivity contribution in [2.75, 3.05) is 6.61 Å². The predicted octanol–water partition coefficient (Wildman–Crippen LogP) is 2.80. The zero-order valence-electron chi connectivity index (χ0n) is 11.0. The normalized spacial score (nSPS) is 10.7. The molecular weight excluding hydrogens is 254 g/mol. The number of aromatic amines is 1. The molecule has 0 saturated heterocycles. The number of rotatable bonds is 3. The first kappa shape index (κ1) is 12.3. The minimum Gasteiger partial charge on any atom is -0.461 e. The van der Waals surface area contributed by atoms with Crippen molar-refractivity contribution in [2.24, 2.45) is 0 Å². The Kier molecular flexibility index (Phi) is 3.16. The van der Waals surface area contributed by atoms with Crippen LogP contribution in [0.2, 0.25) is 0 Å². The van der Waals surface area contributed by atoms with Gasteiger partial charge in [-0.25, -0.2) is 14.8 Å². The number of pyridine rings is 1. The van der Waals surface area contributed by atoms with Gasteiger partial charge in [0.15, 0.2) is 5.82 Å². The Morgan fingerprint density at radius 1 is 1.25 bits per heavy atom. The smallest absolute Gasteiger partial charge is 0.356 e. The summed E-state index contributed by atoms with van der Waals surface area (Å²) in [6, 6.07) is 11.7. The molecule has 1 aromatic carbocycles. The molecule has 2 heterocycles. The molecule has 0 atom stereocenters. The number of para-hydroxylation sites is 1. The first-order valence-corrected chi connectivity index (χ1v) is 6.36. The minimum absolute atomic E-state index is 0.330. The number of H-pyrrole nitrogens is 1. The first-order valence-electron chi connectivity index (χ1n) is 6.36. The molecule has 0 radical (unpaired) electrons. The predicted molar refractivity (Wildman–Crippen MR) is 75.3 cm³/mol. The van der Waals surface area contributed by atoms with Crippen molar-refractivity contribution in [2.45, 2.75) is 6.92 Å². The van der Waals surface area contributed by atoms with Gasteiger partial charge in [-0.1, -0.05) is 24.3 Å².